The van der Waals surface area contributed by atoms with Gasteiger partial charge in [-0.2, -0.15) is 4.80 Å². The summed E-state index contributed by atoms with van der Waals surface area (Å²) in [6, 6.07) is 0. The Balaban J connectivity index is 2.15. The second-order valence-electron chi connectivity index (χ2n) is 6.14. The highest BCUT2D eigenvalue weighted by atomic mass is 15.6. The maximum Gasteiger partial charge on any atom is 0.188 e. The number of hydrogen-bond donors (Lipinski definition) is 1. The first-order valence-electron chi connectivity index (χ1n) is 6.58. The number of hydrogen-bond acceptors (Lipinski definition) is 5. The Hall–Kier alpha value is -1.01. The maximum absolute atomic E-state index is 4.28. The van der Waals surface area contributed by atoms with Gasteiger partial charge >= 0.3 is 0 Å². The number of rotatable bonds is 3. The summed E-state index contributed by atoms with van der Waals surface area (Å²) in [4.78, 5) is 3.99. The van der Waals surface area contributed by atoms with Crippen molar-refractivity contribution in [2.24, 2.45) is 7.05 Å². The third kappa shape index (κ3) is 2.70. The molecule has 0 saturated carbocycles. The Kier molecular flexibility index (Phi) is 3.42. The molecule has 1 aliphatic heterocycles. The van der Waals surface area contributed by atoms with E-state index in [9.17, 15) is 0 Å². The highest BCUT2D eigenvalue weighted by Crippen LogP contribution is 2.27. The van der Waals surface area contributed by atoms with Crippen LogP contribution in [0.4, 0.5) is 0 Å². The largest absolute Gasteiger partial charge is 0.309 e. The zero-order valence-corrected chi connectivity index (χ0v) is 12.1. The molecule has 1 saturated heterocycles. The second-order valence-corrected chi connectivity index (χ2v) is 6.14. The average molecular weight is 252 g/mol. The molecule has 6 nitrogen and oxygen atoms in total. The van der Waals surface area contributed by atoms with Gasteiger partial charge in [-0.1, -0.05) is 6.92 Å². The fourth-order valence-electron chi connectivity index (χ4n) is 2.42. The van der Waals surface area contributed by atoms with Gasteiger partial charge < -0.3 is 5.32 Å². The summed E-state index contributed by atoms with van der Waals surface area (Å²) in [6.07, 6.45) is 1.11. The Bertz CT molecular complexity index is 412. The van der Waals surface area contributed by atoms with Gasteiger partial charge in [0.2, 0.25) is 0 Å². The zero-order chi connectivity index (χ0) is 13.4. The molecule has 102 valence electrons. The average Bonchev–Trinajstić information content (AvgIpc) is 2.70. The van der Waals surface area contributed by atoms with Crippen LogP contribution in [0.15, 0.2) is 0 Å². The molecule has 0 amide bonds. The van der Waals surface area contributed by atoms with Gasteiger partial charge in [0.1, 0.15) is 0 Å². The van der Waals surface area contributed by atoms with E-state index in [1.165, 1.54) is 4.80 Å². The first-order valence-corrected chi connectivity index (χ1v) is 6.58. The molecule has 6 heteroatoms. The summed E-state index contributed by atoms with van der Waals surface area (Å²) in [7, 11) is 1.80. The summed E-state index contributed by atoms with van der Waals surface area (Å²) < 4.78 is 0. The Labute approximate surface area is 109 Å². The number of aromatic nitrogens is 4. The van der Waals surface area contributed by atoms with Gasteiger partial charge in [-0.3, -0.25) is 4.90 Å². The third-order valence-corrected chi connectivity index (χ3v) is 3.94. The van der Waals surface area contributed by atoms with Crippen molar-refractivity contribution in [1.82, 2.24) is 30.4 Å². The highest BCUT2D eigenvalue weighted by molar-refractivity contribution is 5.00. The molecule has 1 N–H and O–H groups in total. The molecule has 1 unspecified atom stereocenters. The molecule has 18 heavy (non-hydrogen) atoms. The Morgan fingerprint density at radius 2 is 2.06 bits per heavy atom. The van der Waals surface area contributed by atoms with Crippen LogP contribution in [0.25, 0.3) is 0 Å². The van der Waals surface area contributed by atoms with Gasteiger partial charge in [0.25, 0.3) is 0 Å². The zero-order valence-electron chi connectivity index (χ0n) is 12.1. The third-order valence-electron chi connectivity index (χ3n) is 3.94. The van der Waals surface area contributed by atoms with E-state index in [2.05, 4.69) is 53.3 Å². The van der Waals surface area contributed by atoms with E-state index in [0.29, 0.717) is 0 Å². The van der Waals surface area contributed by atoms with Gasteiger partial charge in [0.05, 0.1) is 13.6 Å². The second kappa shape index (κ2) is 4.59. The van der Waals surface area contributed by atoms with E-state index in [4.69, 9.17) is 0 Å². The van der Waals surface area contributed by atoms with E-state index in [1.807, 2.05) is 0 Å². The van der Waals surface area contributed by atoms with Crippen molar-refractivity contribution in [2.45, 2.75) is 51.7 Å². The van der Waals surface area contributed by atoms with Gasteiger partial charge in [-0.25, -0.2) is 0 Å². The van der Waals surface area contributed by atoms with Gasteiger partial charge in [0, 0.05) is 24.2 Å². The molecule has 0 bridgehead atoms. The van der Waals surface area contributed by atoms with Crippen LogP contribution in [-0.4, -0.2) is 49.3 Å². The van der Waals surface area contributed by atoms with Crippen LogP contribution in [0.2, 0.25) is 0 Å². The van der Waals surface area contributed by atoms with Crippen molar-refractivity contribution in [2.75, 3.05) is 13.1 Å². The van der Waals surface area contributed by atoms with Crippen molar-refractivity contribution in [3.05, 3.63) is 5.82 Å². The van der Waals surface area contributed by atoms with Crippen molar-refractivity contribution in [1.29, 1.82) is 0 Å². The molecule has 1 aromatic heterocycles. The molecule has 1 aromatic rings. The molecule has 2 heterocycles. The molecular weight excluding hydrogens is 228 g/mol. The van der Waals surface area contributed by atoms with Gasteiger partial charge in [-0.15, -0.1) is 10.2 Å². The van der Waals surface area contributed by atoms with Crippen molar-refractivity contribution < 1.29 is 0 Å². The van der Waals surface area contributed by atoms with E-state index in [1.54, 1.807) is 7.05 Å². The predicted molar refractivity (Wildman–Crippen MR) is 70.0 cm³/mol. The molecule has 0 spiro atoms. The molecule has 1 atom stereocenters. The lowest BCUT2D eigenvalue weighted by Gasteiger charge is -2.50. The van der Waals surface area contributed by atoms with Crippen LogP contribution in [0, 0.1) is 0 Å². The first kappa shape index (κ1) is 13.4. The van der Waals surface area contributed by atoms with Crippen LogP contribution in [0.3, 0.4) is 0 Å². The molecule has 1 aliphatic rings. The SMILES string of the molecule is CCC1(C)CNC(C)(C)CN1Cc1nnn(C)n1. The minimum Gasteiger partial charge on any atom is -0.309 e. The fraction of sp³-hybridized carbons (Fsp3) is 0.917. The minimum absolute atomic E-state index is 0.136. The maximum atomic E-state index is 4.28. The van der Waals surface area contributed by atoms with Crippen molar-refractivity contribution in [3.63, 3.8) is 0 Å². The minimum atomic E-state index is 0.136. The summed E-state index contributed by atoms with van der Waals surface area (Å²) in [5.41, 5.74) is 0.297. The van der Waals surface area contributed by atoms with Crippen LogP contribution < -0.4 is 5.32 Å². The van der Waals surface area contributed by atoms with Gasteiger partial charge in [0.15, 0.2) is 5.82 Å². The molecule has 0 radical (unpaired) electrons. The normalized spacial score (nSPS) is 28.5. The lowest BCUT2D eigenvalue weighted by atomic mass is 9.88. The summed E-state index contributed by atoms with van der Waals surface area (Å²) >= 11 is 0. The Morgan fingerprint density at radius 3 is 2.61 bits per heavy atom. The fourth-order valence-corrected chi connectivity index (χ4v) is 2.42. The number of nitrogens with zero attached hydrogens (tertiary/aromatic N) is 5. The molecule has 0 aromatic carbocycles. The Morgan fingerprint density at radius 1 is 1.33 bits per heavy atom. The molecule has 2 rings (SSSR count). The monoisotopic (exact) mass is 252 g/mol. The first-order chi connectivity index (χ1) is 8.35. The lowest BCUT2D eigenvalue weighted by Crippen LogP contribution is -2.66. The van der Waals surface area contributed by atoms with Crippen LogP contribution in [-0.2, 0) is 13.6 Å². The van der Waals surface area contributed by atoms with Crippen LogP contribution in [0.1, 0.15) is 39.9 Å². The predicted octanol–water partition coefficient (Wildman–Crippen LogP) is 0.563. The number of piperazine rings is 1. The number of aryl methyl sites for hydroxylation is 1. The molecule has 1 fully saturated rings. The van der Waals surface area contributed by atoms with E-state index >= 15 is 0 Å². The number of tetrazole rings is 1. The van der Waals surface area contributed by atoms with E-state index in [0.717, 1.165) is 31.9 Å². The highest BCUT2D eigenvalue weighted by Gasteiger charge is 2.39. The van der Waals surface area contributed by atoms with Crippen LogP contribution in [0.5, 0.6) is 0 Å². The lowest BCUT2D eigenvalue weighted by molar-refractivity contribution is 0.0155. The quantitative estimate of drug-likeness (QED) is 0.852. The van der Waals surface area contributed by atoms with E-state index < -0.39 is 0 Å². The summed E-state index contributed by atoms with van der Waals surface area (Å²) in [5, 5.41) is 15.9. The van der Waals surface area contributed by atoms with E-state index in [-0.39, 0.29) is 11.1 Å². The van der Waals surface area contributed by atoms with Crippen LogP contribution >= 0.6 is 0 Å². The molecule has 0 aliphatic carbocycles. The van der Waals surface area contributed by atoms with Crippen molar-refractivity contribution in [3.8, 4) is 0 Å². The smallest absolute Gasteiger partial charge is 0.188 e. The molecular formula is C12H24N6. The summed E-state index contributed by atoms with van der Waals surface area (Å²) in [6.45, 7) is 11.8. The van der Waals surface area contributed by atoms with Gasteiger partial charge in [-0.05, 0) is 32.4 Å². The topological polar surface area (TPSA) is 58.9 Å². The number of nitrogens with one attached hydrogen (secondary N) is 1. The standard InChI is InChI=1S/C12H24N6/c1-6-12(4)8-13-11(2,3)9-18(12)7-10-14-16-17(5)15-10/h13H,6-9H2,1-5H3. The van der Waals surface area contributed by atoms with Crippen molar-refractivity contribution >= 4 is 0 Å². The summed E-state index contributed by atoms with van der Waals surface area (Å²) in [5.74, 6) is 0.801.